The van der Waals surface area contributed by atoms with E-state index in [1.807, 2.05) is 0 Å². The normalized spacial score (nSPS) is 12.5. The molecule has 2 aromatic carbocycles. The maximum Gasteiger partial charge on any atom is 0.194 e. The number of nitrogens with one attached hydrogen (secondary N) is 1. The zero-order chi connectivity index (χ0) is 14.9. The highest BCUT2D eigenvalue weighted by Gasteiger charge is 2.22. The zero-order valence-corrected chi connectivity index (χ0v) is 9.93. The van der Waals surface area contributed by atoms with Crippen molar-refractivity contribution >= 4 is 0 Å². The van der Waals surface area contributed by atoms with Crippen molar-refractivity contribution in [2.45, 2.75) is 6.04 Å². The first-order chi connectivity index (χ1) is 9.45. The van der Waals surface area contributed by atoms with E-state index in [4.69, 9.17) is 5.84 Å². The largest absolute Gasteiger partial charge is 0.271 e. The van der Waals surface area contributed by atoms with Crippen LogP contribution in [0.25, 0.3) is 0 Å². The zero-order valence-electron chi connectivity index (χ0n) is 9.93. The predicted octanol–water partition coefficient (Wildman–Crippen LogP) is 2.93. The van der Waals surface area contributed by atoms with Gasteiger partial charge in [-0.1, -0.05) is 12.1 Å². The summed E-state index contributed by atoms with van der Waals surface area (Å²) in [5.74, 6) is -1.48. The Morgan fingerprint density at radius 3 is 2.05 bits per heavy atom. The minimum atomic E-state index is -1.66. The van der Waals surface area contributed by atoms with Gasteiger partial charge in [0.15, 0.2) is 29.1 Å². The van der Waals surface area contributed by atoms with Crippen molar-refractivity contribution in [1.82, 2.24) is 5.43 Å². The fourth-order valence-electron chi connectivity index (χ4n) is 1.82. The van der Waals surface area contributed by atoms with Gasteiger partial charge in [-0.25, -0.2) is 27.4 Å². The number of hydrazine groups is 1. The van der Waals surface area contributed by atoms with E-state index in [1.165, 1.54) is 0 Å². The summed E-state index contributed by atoms with van der Waals surface area (Å²) in [6, 6.07) is 3.31. The van der Waals surface area contributed by atoms with E-state index in [1.54, 1.807) is 0 Å². The number of nitrogens with two attached hydrogens (primary N) is 1. The highest BCUT2D eigenvalue weighted by atomic mass is 19.2. The third-order valence-corrected chi connectivity index (χ3v) is 2.82. The van der Waals surface area contributed by atoms with Gasteiger partial charge < -0.3 is 0 Å². The number of hydrogen-bond donors (Lipinski definition) is 2. The predicted molar refractivity (Wildman–Crippen MR) is 61.8 cm³/mol. The van der Waals surface area contributed by atoms with Crippen molar-refractivity contribution in [3.63, 3.8) is 0 Å². The highest BCUT2D eigenvalue weighted by Crippen LogP contribution is 2.27. The second kappa shape index (κ2) is 5.56. The van der Waals surface area contributed by atoms with Crippen molar-refractivity contribution in [2.24, 2.45) is 5.84 Å². The minimum absolute atomic E-state index is 0.0660. The van der Waals surface area contributed by atoms with Gasteiger partial charge in [0.1, 0.15) is 0 Å². The van der Waals surface area contributed by atoms with Crippen LogP contribution in [0.1, 0.15) is 17.2 Å². The second-order valence-electron chi connectivity index (χ2n) is 4.04. The molecule has 0 bridgehead atoms. The molecule has 0 aliphatic carbocycles. The molecule has 0 saturated heterocycles. The summed E-state index contributed by atoms with van der Waals surface area (Å²) in [5.41, 5.74) is 1.89. The molecule has 0 amide bonds. The first-order valence-electron chi connectivity index (χ1n) is 5.50. The van der Waals surface area contributed by atoms with E-state index in [0.29, 0.717) is 0 Å². The third kappa shape index (κ3) is 2.50. The molecule has 0 fully saturated rings. The van der Waals surface area contributed by atoms with Crippen LogP contribution < -0.4 is 11.3 Å². The summed E-state index contributed by atoms with van der Waals surface area (Å²) >= 11 is 0. The molecular formula is C13H9F5N2. The molecular weight excluding hydrogens is 279 g/mol. The van der Waals surface area contributed by atoms with Crippen molar-refractivity contribution < 1.29 is 22.0 Å². The molecule has 0 aliphatic heterocycles. The molecule has 2 aromatic rings. The Hall–Kier alpha value is -1.99. The lowest BCUT2D eigenvalue weighted by atomic mass is 9.98. The summed E-state index contributed by atoms with van der Waals surface area (Å²) in [6.45, 7) is 0. The molecule has 0 aromatic heterocycles. The maximum atomic E-state index is 13.7. The van der Waals surface area contributed by atoms with Crippen molar-refractivity contribution in [1.29, 1.82) is 0 Å². The van der Waals surface area contributed by atoms with Crippen LogP contribution in [-0.2, 0) is 0 Å². The summed E-state index contributed by atoms with van der Waals surface area (Å²) in [6.07, 6.45) is 0. The summed E-state index contributed by atoms with van der Waals surface area (Å²) in [7, 11) is 0. The smallest absolute Gasteiger partial charge is 0.194 e. The molecule has 1 unspecified atom stereocenters. The standard InChI is InChI=1S/C13H9F5N2/c14-8-3-1-6(5-10(8)16)13(20-19)7-2-4-9(15)12(18)11(7)17/h1-5,13,20H,19H2. The van der Waals surface area contributed by atoms with Crippen LogP contribution in [-0.4, -0.2) is 0 Å². The number of hydrogen-bond acceptors (Lipinski definition) is 2. The van der Waals surface area contributed by atoms with Crippen molar-refractivity contribution in [2.75, 3.05) is 0 Å². The van der Waals surface area contributed by atoms with E-state index in [-0.39, 0.29) is 11.1 Å². The van der Waals surface area contributed by atoms with Crippen LogP contribution in [0.4, 0.5) is 22.0 Å². The first-order valence-corrected chi connectivity index (χ1v) is 5.50. The average molecular weight is 288 g/mol. The number of halogens is 5. The monoisotopic (exact) mass is 288 g/mol. The van der Waals surface area contributed by atoms with Gasteiger partial charge in [-0.15, -0.1) is 0 Å². The molecule has 20 heavy (non-hydrogen) atoms. The summed E-state index contributed by atoms with van der Waals surface area (Å²) in [5, 5.41) is 0. The Morgan fingerprint density at radius 2 is 1.45 bits per heavy atom. The van der Waals surface area contributed by atoms with E-state index in [0.717, 1.165) is 30.3 Å². The van der Waals surface area contributed by atoms with Crippen molar-refractivity contribution in [3.8, 4) is 0 Å². The van der Waals surface area contributed by atoms with Crippen LogP contribution in [0.15, 0.2) is 30.3 Å². The van der Waals surface area contributed by atoms with E-state index in [9.17, 15) is 22.0 Å². The maximum absolute atomic E-state index is 13.7. The van der Waals surface area contributed by atoms with Gasteiger partial charge in [-0.2, -0.15) is 0 Å². The molecule has 0 saturated carbocycles. The second-order valence-corrected chi connectivity index (χ2v) is 4.04. The molecule has 0 spiro atoms. The number of rotatable bonds is 3. The molecule has 3 N–H and O–H groups in total. The molecule has 2 nitrogen and oxygen atoms in total. The van der Waals surface area contributed by atoms with Gasteiger partial charge in [0.05, 0.1) is 6.04 Å². The molecule has 7 heteroatoms. The van der Waals surface area contributed by atoms with Crippen LogP contribution in [0, 0.1) is 29.1 Å². The van der Waals surface area contributed by atoms with Crippen LogP contribution in [0.2, 0.25) is 0 Å². The molecule has 0 aliphatic rings. The van der Waals surface area contributed by atoms with Gasteiger partial charge in [-0.3, -0.25) is 5.84 Å². The Labute approximate surface area is 111 Å². The Balaban J connectivity index is 2.52. The quantitative estimate of drug-likeness (QED) is 0.394. The fourth-order valence-corrected chi connectivity index (χ4v) is 1.82. The van der Waals surface area contributed by atoms with Gasteiger partial charge in [-0.05, 0) is 23.8 Å². The van der Waals surface area contributed by atoms with Gasteiger partial charge in [0, 0.05) is 5.56 Å². The molecule has 1 atom stereocenters. The molecule has 0 heterocycles. The lowest BCUT2D eigenvalue weighted by molar-refractivity contribution is 0.432. The average Bonchev–Trinajstić information content (AvgIpc) is 2.43. The first kappa shape index (κ1) is 14.4. The van der Waals surface area contributed by atoms with Gasteiger partial charge >= 0.3 is 0 Å². The van der Waals surface area contributed by atoms with Gasteiger partial charge in [0.2, 0.25) is 0 Å². The Morgan fingerprint density at radius 1 is 0.800 bits per heavy atom. The van der Waals surface area contributed by atoms with E-state index in [2.05, 4.69) is 5.43 Å². The summed E-state index contributed by atoms with van der Waals surface area (Å²) in [4.78, 5) is 0. The molecule has 106 valence electrons. The lowest BCUT2D eigenvalue weighted by Crippen LogP contribution is -2.30. The van der Waals surface area contributed by atoms with Crippen molar-refractivity contribution in [3.05, 3.63) is 70.5 Å². The molecule has 2 rings (SSSR count). The fraction of sp³-hybridized carbons (Fsp3) is 0.0769. The summed E-state index contributed by atoms with van der Waals surface area (Å²) < 4.78 is 65.8. The minimum Gasteiger partial charge on any atom is -0.271 e. The van der Waals surface area contributed by atoms with Crippen LogP contribution in [0.3, 0.4) is 0 Å². The SMILES string of the molecule is NNC(c1ccc(F)c(F)c1)c1ccc(F)c(F)c1F. The van der Waals surface area contributed by atoms with Crippen LogP contribution in [0.5, 0.6) is 0 Å². The molecule has 0 radical (unpaired) electrons. The third-order valence-electron chi connectivity index (χ3n) is 2.82. The van der Waals surface area contributed by atoms with Gasteiger partial charge in [0.25, 0.3) is 0 Å². The van der Waals surface area contributed by atoms with E-state index >= 15 is 0 Å². The van der Waals surface area contributed by atoms with E-state index < -0.39 is 35.1 Å². The lowest BCUT2D eigenvalue weighted by Gasteiger charge is -2.18. The van der Waals surface area contributed by atoms with Crippen LogP contribution >= 0.6 is 0 Å². The number of benzene rings is 2. The highest BCUT2D eigenvalue weighted by molar-refractivity contribution is 5.33. The Bertz CT molecular complexity index is 645. The Kier molecular flexibility index (Phi) is 4.01. The topological polar surface area (TPSA) is 38.0 Å².